The molecule has 0 spiro atoms. The van der Waals surface area contributed by atoms with E-state index in [0.29, 0.717) is 18.7 Å². The van der Waals surface area contributed by atoms with Crippen molar-refractivity contribution in [3.63, 3.8) is 0 Å². The number of halogens is 1. The van der Waals surface area contributed by atoms with Crippen molar-refractivity contribution >= 4 is 5.91 Å². The smallest absolute Gasteiger partial charge is 0.234 e. The number of hydrogen-bond acceptors (Lipinski definition) is 3. The Bertz CT molecular complexity index is 497. The Balaban J connectivity index is 1.80. The molecular weight excluding hydrogens is 271 g/mol. The molecule has 0 saturated carbocycles. The Morgan fingerprint density at radius 3 is 2.67 bits per heavy atom. The normalized spacial score (nSPS) is 23.0. The molecular formula is C16H23FN2O2. The molecule has 2 atom stereocenters. The number of ether oxygens (including phenoxy) is 1. The maximum absolute atomic E-state index is 13.2. The van der Waals surface area contributed by atoms with E-state index < -0.39 is 0 Å². The average Bonchev–Trinajstić information content (AvgIpc) is 2.39. The number of carbonyl (C=O) groups excluding carboxylic acids is 1. The molecule has 0 bridgehead atoms. The van der Waals surface area contributed by atoms with Crippen molar-refractivity contribution < 1.29 is 13.9 Å². The van der Waals surface area contributed by atoms with Crippen LogP contribution in [0.25, 0.3) is 0 Å². The summed E-state index contributed by atoms with van der Waals surface area (Å²) in [5.41, 5.74) is 1.50. The summed E-state index contributed by atoms with van der Waals surface area (Å²) in [5.74, 6) is -0.236. The van der Waals surface area contributed by atoms with Crippen LogP contribution in [0.2, 0.25) is 0 Å². The molecule has 1 saturated heterocycles. The van der Waals surface area contributed by atoms with E-state index in [1.165, 1.54) is 6.07 Å². The van der Waals surface area contributed by atoms with E-state index >= 15 is 0 Å². The highest BCUT2D eigenvalue weighted by molar-refractivity contribution is 5.78. The van der Waals surface area contributed by atoms with Gasteiger partial charge < -0.3 is 10.1 Å². The monoisotopic (exact) mass is 294 g/mol. The third kappa shape index (κ3) is 4.79. The van der Waals surface area contributed by atoms with Crippen molar-refractivity contribution in [2.24, 2.45) is 0 Å². The van der Waals surface area contributed by atoms with Crippen LogP contribution in [0.5, 0.6) is 0 Å². The van der Waals surface area contributed by atoms with E-state index in [0.717, 1.165) is 18.7 Å². The molecule has 0 aromatic heterocycles. The van der Waals surface area contributed by atoms with Crippen molar-refractivity contribution in [1.29, 1.82) is 0 Å². The first-order valence-electron chi connectivity index (χ1n) is 7.33. The average molecular weight is 294 g/mol. The van der Waals surface area contributed by atoms with Gasteiger partial charge >= 0.3 is 0 Å². The van der Waals surface area contributed by atoms with E-state index in [1.54, 1.807) is 19.1 Å². The maximum atomic E-state index is 13.2. The van der Waals surface area contributed by atoms with Gasteiger partial charge in [-0.3, -0.25) is 9.69 Å². The molecule has 1 heterocycles. The lowest BCUT2D eigenvalue weighted by Gasteiger charge is -2.34. The zero-order valence-corrected chi connectivity index (χ0v) is 12.9. The zero-order chi connectivity index (χ0) is 15.4. The zero-order valence-electron chi connectivity index (χ0n) is 12.9. The topological polar surface area (TPSA) is 41.6 Å². The summed E-state index contributed by atoms with van der Waals surface area (Å²) in [6.45, 7) is 8.09. The fourth-order valence-corrected chi connectivity index (χ4v) is 2.69. The summed E-state index contributed by atoms with van der Waals surface area (Å²) in [5, 5.41) is 2.88. The minimum atomic E-state index is -0.221. The quantitative estimate of drug-likeness (QED) is 0.921. The maximum Gasteiger partial charge on any atom is 0.234 e. The Labute approximate surface area is 125 Å². The summed E-state index contributed by atoms with van der Waals surface area (Å²) in [6.07, 6.45) is 0.308. The first-order chi connectivity index (χ1) is 9.94. The first-order valence-corrected chi connectivity index (χ1v) is 7.33. The van der Waals surface area contributed by atoms with Crippen molar-refractivity contribution in [3.05, 3.63) is 35.1 Å². The van der Waals surface area contributed by atoms with Crippen LogP contribution in [0.1, 0.15) is 25.0 Å². The van der Waals surface area contributed by atoms with Gasteiger partial charge in [0.05, 0.1) is 18.8 Å². The molecule has 1 aliphatic heterocycles. The van der Waals surface area contributed by atoms with Gasteiger partial charge in [0.15, 0.2) is 0 Å². The predicted molar refractivity (Wildman–Crippen MR) is 79.4 cm³/mol. The molecule has 1 aromatic rings. The van der Waals surface area contributed by atoms with Gasteiger partial charge in [-0.15, -0.1) is 0 Å². The number of rotatable bonds is 4. The number of aryl methyl sites for hydroxylation is 1. The SMILES string of the molecule is Cc1cc(CNC(=O)CN2C[C@@H](C)O[C@H](C)C2)ccc1F. The third-order valence-electron chi connectivity index (χ3n) is 3.57. The van der Waals surface area contributed by atoms with Crippen LogP contribution in [0.15, 0.2) is 18.2 Å². The molecule has 21 heavy (non-hydrogen) atoms. The molecule has 1 aromatic carbocycles. The van der Waals surface area contributed by atoms with Crippen LogP contribution in [0.4, 0.5) is 4.39 Å². The lowest BCUT2D eigenvalue weighted by Crippen LogP contribution is -2.49. The second-order valence-corrected chi connectivity index (χ2v) is 5.81. The highest BCUT2D eigenvalue weighted by atomic mass is 19.1. The van der Waals surface area contributed by atoms with Crippen LogP contribution in [-0.4, -0.2) is 42.6 Å². The molecule has 1 aliphatic rings. The first kappa shape index (κ1) is 15.9. The van der Waals surface area contributed by atoms with Crippen LogP contribution in [0, 0.1) is 12.7 Å². The van der Waals surface area contributed by atoms with Crippen LogP contribution in [-0.2, 0) is 16.1 Å². The highest BCUT2D eigenvalue weighted by Crippen LogP contribution is 2.11. The van der Waals surface area contributed by atoms with Gasteiger partial charge in [-0.1, -0.05) is 12.1 Å². The molecule has 116 valence electrons. The molecule has 0 radical (unpaired) electrons. The second kappa shape index (κ2) is 7.00. The molecule has 1 fully saturated rings. The van der Waals surface area contributed by atoms with Crippen molar-refractivity contribution in [3.8, 4) is 0 Å². The molecule has 4 nitrogen and oxygen atoms in total. The van der Waals surface area contributed by atoms with Crippen molar-refractivity contribution in [2.45, 2.75) is 39.5 Å². The van der Waals surface area contributed by atoms with Crippen molar-refractivity contribution in [2.75, 3.05) is 19.6 Å². The van der Waals surface area contributed by atoms with Crippen LogP contribution >= 0.6 is 0 Å². The fourth-order valence-electron chi connectivity index (χ4n) is 2.69. The van der Waals surface area contributed by atoms with Crippen molar-refractivity contribution in [1.82, 2.24) is 10.2 Å². The Hall–Kier alpha value is -1.46. The van der Waals surface area contributed by atoms with Gasteiger partial charge in [0.25, 0.3) is 0 Å². The van der Waals surface area contributed by atoms with Gasteiger partial charge in [-0.05, 0) is 38.0 Å². The number of carbonyl (C=O) groups is 1. The fraction of sp³-hybridized carbons (Fsp3) is 0.562. The lowest BCUT2D eigenvalue weighted by molar-refractivity contribution is -0.126. The molecule has 0 aliphatic carbocycles. The molecule has 0 unspecified atom stereocenters. The molecule has 1 N–H and O–H groups in total. The molecule has 1 amide bonds. The molecule has 2 rings (SSSR count). The number of amides is 1. The van der Waals surface area contributed by atoms with Gasteiger partial charge in [0.2, 0.25) is 5.91 Å². The number of benzene rings is 1. The predicted octanol–water partition coefficient (Wildman–Crippen LogP) is 1.86. The lowest BCUT2D eigenvalue weighted by atomic mass is 10.1. The minimum absolute atomic E-state index is 0.0155. The summed E-state index contributed by atoms with van der Waals surface area (Å²) < 4.78 is 18.8. The number of nitrogens with zero attached hydrogens (tertiary/aromatic N) is 1. The van der Waals surface area contributed by atoms with Crippen LogP contribution < -0.4 is 5.32 Å². The Kier molecular flexibility index (Phi) is 5.31. The van der Waals surface area contributed by atoms with Gasteiger partial charge in [0, 0.05) is 19.6 Å². The van der Waals surface area contributed by atoms with E-state index in [2.05, 4.69) is 10.2 Å². The Morgan fingerprint density at radius 2 is 2.05 bits per heavy atom. The number of hydrogen-bond donors (Lipinski definition) is 1. The summed E-state index contributed by atoms with van der Waals surface area (Å²) in [4.78, 5) is 14.1. The highest BCUT2D eigenvalue weighted by Gasteiger charge is 2.23. The largest absolute Gasteiger partial charge is 0.373 e. The molecule has 5 heteroatoms. The van der Waals surface area contributed by atoms with E-state index in [9.17, 15) is 9.18 Å². The number of morpholine rings is 1. The van der Waals surface area contributed by atoms with Crippen LogP contribution in [0.3, 0.4) is 0 Å². The third-order valence-corrected chi connectivity index (χ3v) is 3.57. The van der Waals surface area contributed by atoms with E-state index in [1.807, 2.05) is 13.8 Å². The Morgan fingerprint density at radius 1 is 1.38 bits per heavy atom. The summed E-state index contributed by atoms with van der Waals surface area (Å²) in [7, 11) is 0. The van der Waals surface area contributed by atoms with Gasteiger partial charge in [-0.25, -0.2) is 4.39 Å². The summed E-state index contributed by atoms with van der Waals surface area (Å²) in [6, 6.07) is 4.89. The number of nitrogens with one attached hydrogen (secondary N) is 1. The van der Waals surface area contributed by atoms with Gasteiger partial charge in [0.1, 0.15) is 5.82 Å². The second-order valence-electron chi connectivity index (χ2n) is 5.81. The minimum Gasteiger partial charge on any atom is -0.373 e. The van der Waals surface area contributed by atoms with Gasteiger partial charge in [-0.2, -0.15) is 0 Å². The van der Waals surface area contributed by atoms with E-state index in [4.69, 9.17) is 4.74 Å². The standard InChI is InChI=1S/C16H23FN2O2/c1-11-6-14(4-5-15(11)17)7-18-16(20)10-19-8-12(2)21-13(3)9-19/h4-6,12-13H,7-10H2,1-3H3,(H,18,20)/t12-,13-/m1/s1. The summed E-state index contributed by atoms with van der Waals surface area (Å²) >= 11 is 0. The van der Waals surface area contributed by atoms with E-state index in [-0.39, 0.29) is 23.9 Å².